The molecule has 0 fully saturated rings. The summed E-state index contributed by atoms with van der Waals surface area (Å²) >= 11 is 0. The topological polar surface area (TPSA) is 107 Å². The predicted molar refractivity (Wildman–Crippen MR) is 143 cm³/mol. The lowest BCUT2D eigenvalue weighted by atomic mass is 10.1. The van der Waals surface area contributed by atoms with E-state index in [0.29, 0.717) is 35.1 Å². The van der Waals surface area contributed by atoms with Crippen LogP contribution in [0.1, 0.15) is 24.5 Å². The number of amides is 1. The number of hydrogen-bond acceptors (Lipinski definition) is 7. The number of nitrogens with zero attached hydrogens (tertiary/aromatic N) is 2. The van der Waals surface area contributed by atoms with Gasteiger partial charge >= 0.3 is 0 Å². The maximum absolute atomic E-state index is 13.5. The highest BCUT2D eigenvalue weighted by molar-refractivity contribution is 7.92. The normalized spacial score (nSPS) is 11.5. The number of carbonyl (C=O) groups excluding carboxylic acids is 1. The van der Waals surface area contributed by atoms with Crippen LogP contribution >= 0.6 is 0 Å². The van der Waals surface area contributed by atoms with Crippen LogP contribution in [0.4, 0.5) is 5.69 Å². The summed E-state index contributed by atoms with van der Waals surface area (Å²) < 4.78 is 43.9. The molecule has 0 radical (unpaired) electrons. The molecule has 0 atom stereocenters. The predicted octanol–water partition coefficient (Wildman–Crippen LogP) is 4.15. The number of carbonyl (C=O) groups is 1. The van der Waals surface area contributed by atoms with Crippen molar-refractivity contribution in [2.45, 2.75) is 25.2 Å². The van der Waals surface area contributed by atoms with Crippen molar-refractivity contribution in [2.75, 3.05) is 32.2 Å². The summed E-state index contributed by atoms with van der Waals surface area (Å²) in [6.07, 6.45) is 0.515. The SMILES string of the molecule is CC/C(=N/NC(=O)CN(c1ccc(C)cc1)S(=O)(=O)c1ccc(OC)cc1)c1ccc(OC)c(OC)c1. The fraction of sp³-hybridized carbons (Fsp3) is 0.259. The van der Waals surface area contributed by atoms with Gasteiger partial charge in [0, 0.05) is 5.56 Å². The molecule has 0 aliphatic heterocycles. The van der Waals surface area contributed by atoms with E-state index in [-0.39, 0.29) is 4.90 Å². The first kappa shape index (κ1) is 27.5. The van der Waals surface area contributed by atoms with Crippen LogP contribution in [0.15, 0.2) is 76.7 Å². The lowest BCUT2D eigenvalue weighted by molar-refractivity contribution is -0.119. The summed E-state index contributed by atoms with van der Waals surface area (Å²) in [5.41, 5.74) is 5.15. The van der Waals surface area contributed by atoms with Gasteiger partial charge < -0.3 is 14.2 Å². The molecule has 3 aromatic rings. The molecular formula is C27H31N3O6S. The summed E-state index contributed by atoms with van der Waals surface area (Å²) in [6.45, 7) is 3.33. The van der Waals surface area contributed by atoms with E-state index >= 15 is 0 Å². The Morgan fingerprint density at radius 1 is 0.892 bits per heavy atom. The first-order chi connectivity index (χ1) is 17.7. The molecule has 0 saturated carbocycles. The molecule has 0 aliphatic rings. The van der Waals surface area contributed by atoms with Crippen LogP contribution in [-0.4, -0.2) is 47.9 Å². The molecule has 3 aromatic carbocycles. The van der Waals surface area contributed by atoms with Gasteiger partial charge in [0.15, 0.2) is 11.5 Å². The Kier molecular flexibility index (Phi) is 9.13. The highest BCUT2D eigenvalue weighted by atomic mass is 32.2. The number of aryl methyl sites for hydroxylation is 1. The van der Waals surface area contributed by atoms with E-state index in [1.165, 1.54) is 26.4 Å². The molecule has 0 heterocycles. The molecule has 0 aromatic heterocycles. The van der Waals surface area contributed by atoms with Crippen molar-refractivity contribution in [3.05, 3.63) is 77.9 Å². The Balaban J connectivity index is 1.89. The molecule has 0 unspecified atom stereocenters. The second kappa shape index (κ2) is 12.3. The van der Waals surface area contributed by atoms with Crippen molar-refractivity contribution in [3.63, 3.8) is 0 Å². The number of benzene rings is 3. The zero-order chi connectivity index (χ0) is 27.0. The summed E-state index contributed by atoms with van der Waals surface area (Å²) in [5, 5.41) is 4.26. The van der Waals surface area contributed by atoms with E-state index in [4.69, 9.17) is 14.2 Å². The van der Waals surface area contributed by atoms with E-state index < -0.39 is 22.5 Å². The van der Waals surface area contributed by atoms with E-state index in [1.54, 1.807) is 55.6 Å². The molecule has 196 valence electrons. The van der Waals surface area contributed by atoms with Crippen LogP contribution < -0.4 is 23.9 Å². The zero-order valence-corrected chi connectivity index (χ0v) is 22.3. The Bertz CT molecular complexity index is 1350. The minimum absolute atomic E-state index is 0.0322. The second-order valence-corrected chi connectivity index (χ2v) is 9.90. The number of sulfonamides is 1. The fourth-order valence-electron chi connectivity index (χ4n) is 3.56. The standard InChI is InChI=1S/C27H31N3O6S/c1-6-24(20-9-16-25(35-4)26(17-20)36-5)28-29-27(31)18-30(21-10-7-19(2)8-11-21)37(32,33)23-14-12-22(34-3)13-15-23/h7-17H,6,18H2,1-5H3,(H,29,31)/b28-24-. The monoisotopic (exact) mass is 525 g/mol. The maximum atomic E-state index is 13.5. The number of hydrazone groups is 1. The molecule has 0 bridgehead atoms. The number of nitrogens with one attached hydrogen (secondary N) is 1. The van der Waals surface area contributed by atoms with E-state index in [0.717, 1.165) is 15.4 Å². The molecule has 3 rings (SSSR count). The number of rotatable bonds is 11. The molecule has 0 aliphatic carbocycles. The summed E-state index contributed by atoms with van der Waals surface area (Å²) in [4.78, 5) is 13.0. The van der Waals surface area contributed by atoms with Gasteiger partial charge in [-0.2, -0.15) is 5.10 Å². The second-order valence-electron chi connectivity index (χ2n) is 8.04. The van der Waals surface area contributed by atoms with Crippen molar-refractivity contribution in [2.24, 2.45) is 5.10 Å². The van der Waals surface area contributed by atoms with Gasteiger partial charge in [-0.05, 0) is 67.9 Å². The van der Waals surface area contributed by atoms with Crippen LogP contribution in [0, 0.1) is 6.92 Å². The van der Waals surface area contributed by atoms with Crippen LogP contribution in [0.25, 0.3) is 0 Å². The van der Waals surface area contributed by atoms with E-state index in [1.807, 2.05) is 19.9 Å². The molecule has 0 saturated heterocycles. The zero-order valence-electron chi connectivity index (χ0n) is 21.5. The maximum Gasteiger partial charge on any atom is 0.264 e. The smallest absolute Gasteiger partial charge is 0.264 e. The van der Waals surface area contributed by atoms with Gasteiger partial charge in [-0.25, -0.2) is 13.8 Å². The summed E-state index contributed by atoms with van der Waals surface area (Å²) in [5.74, 6) is 1.03. The van der Waals surface area contributed by atoms with Crippen molar-refractivity contribution in [1.82, 2.24) is 5.43 Å². The first-order valence-corrected chi connectivity index (χ1v) is 13.0. The van der Waals surface area contributed by atoms with Gasteiger partial charge in [0.05, 0.1) is 37.6 Å². The third-order valence-corrected chi connectivity index (χ3v) is 7.41. The largest absolute Gasteiger partial charge is 0.497 e. The average molecular weight is 526 g/mol. The Morgan fingerprint density at radius 3 is 2.11 bits per heavy atom. The van der Waals surface area contributed by atoms with Crippen LogP contribution in [-0.2, 0) is 14.8 Å². The lowest BCUT2D eigenvalue weighted by Crippen LogP contribution is -2.39. The minimum atomic E-state index is -4.06. The molecule has 0 spiro atoms. The first-order valence-electron chi connectivity index (χ1n) is 11.5. The fourth-order valence-corrected chi connectivity index (χ4v) is 4.98. The van der Waals surface area contributed by atoms with Crippen molar-refractivity contribution < 1.29 is 27.4 Å². The number of methoxy groups -OCH3 is 3. The van der Waals surface area contributed by atoms with Gasteiger partial charge in [0.1, 0.15) is 12.3 Å². The van der Waals surface area contributed by atoms with Gasteiger partial charge in [-0.1, -0.05) is 24.6 Å². The number of hydrogen-bond donors (Lipinski definition) is 1. The number of anilines is 1. The third-order valence-electron chi connectivity index (χ3n) is 5.62. The Hall–Kier alpha value is -4.05. The van der Waals surface area contributed by atoms with E-state index in [9.17, 15) is 13.2 Å². The van der Waals surface area contributed by atoms with Crippen molar-refractivity contribution in [1.29, 1.82) is 0 Å². The Morgan fingerprint density at radius 2 is 1.54 bits per heavy atom. The van der Waals surface area contributed by atoms with Crippen molar-refractivity contribution >= 4 is 27.3 Å². The van der Waals surface area contributed by atoms with Gasteiger partial charge in [0.25, 0.3) is 15.9 Å². The third kappa shape index (κ3) is 6.59. The average Bonchev–Trinajstić information content (AvgIpc) is 2.92. The lowest BCUT2D eigenvalue weighted by Gasteiger charge is -2.24. The van der Waals surface area contributed by atoms with Crippen molar-refractivity contribution in [3.8, 4) is 17.2 Å². The quantitative estimate of drug-likeness (QED) is 0.298. The number of ether oxygens (including phenoxy) is 3. The van der Waals surface area contributed by atoms with Gasteiger partial charge in [-0.3, -0.25) is 9.10 Å². The van der Waals surface area contributed by atoms with Crippen LogP contribution in [0.5, 0.6) is 17.2 Å². The highest BCUT2D eigenvalue weighted by Crippen LogP contribution is 2.28. The summed E-state index contributed by atoms with van der Waals surface area (Å²) in [6, 6.07) is 18.2. The van der Waals surface area contributed by atoms with Gasteiger partial charge in [0.2, 0.25) is 0 Å². The molecular weight excluding hydrogens is 494 g/mol. The van der Waals surface area contributed by atoms with Crippen LogP contribution in [0.3, 0.4) is 0 Å². The molecule has 10 heteroatoms. The molecule has 9 nitrogen and oxygen atoms in total. The molecule has 1 N–H and O–H groups in total. The Labute approximate surface area is 217 Å². The highest BCUT2D eigenvalue weighted by Gasteiger charge is 2.27. The molecule has 1 amide bonds. The molecule has 37 heavy (non-hydrogen) atoms. The van der Waals surface area contributed by atoms with E-state index in [2.05, 4.69) is 10.5 Å². The summed E-state index contributed by atoms with van der Waals surface area (Å²) in [7, 11) is 0.522. The minimum Gasteiger partial charge on any atom is -0.497 e. The van der Waals surface area contributed by atoms with Gasteiger partial charge in [-0.15, -0.1) is 0 Å². The van der Waals surface area contributed by atoms with Crippen LogP contribution in [0.2, 0.25) is 0 Å².